The molecule has 2 amide bonds. The molecule has 1 unspecified atom stereocenters. The van der Waals surface area contributed by atoms with Crippen molar-refractivity contribution in [3.05, 3.63) is 30.0 Å². The number of carbonyl (C=O) groups is 2. The Balaban J connectivity index is 1.72. The predicted octanol–water partition coefficient (Wildman–Crippen LogP) is 2.87. The van der Waals surface area contributed by atoms with Gasteiger partial charge < -0.3 is 24.4 Å². The van der Waals surface area contributed by atoms with Crippen LogP contribution in [0.2, 0.25) is 0 Å². The Morgan fingerprint density at radius 1 is 1.23 bits per heavy atom. The highest BCUT2D eigenvalue weighted by Crippen LogP contribution is 2.34. The summed E-state index contributed by atoms with van der Waals surface area (Å²) >= 11 is 0. The first-order valence-electron chi connectivity index (χ1n) is 11.3. The normalized spacial score (nSPS) is 22.1. The summed E-state index contributed by atoms with van der Waals surface area (Å²) in [6.45, 7) is 3.54. The Bertz CT molecular complexity index is 977. The molecule has 1 atom stereocenters. The van der Waals surface area contributed by atoms with Gasteiger partial charge in [-0.15, -0.1) is 0 Å². The maximum Gasteiger partial charge on any atom is 0.271 e. The highest BCUT2D eigenvalue weighted by molar-refractivity contribution is 6.03. The largest absolute Gasteiger partial charge is 0.497 e. The molecule has 31 heavy (non-hydrogen) atoms. The van der Waals surface area contributed by atoms with Crippen molar-refractivity contribution >= 4 is 22.7 Å². The molecule has 0 saturated heterocycles. The van der Waals surface area contributed by atoms with Crippen LogP contribution in [0.15, 0.2) is 24.3 Å². The first-order chi connectivity index (χ1) is 14.8. The number of methoxy groups -OCH3 is 1. The van der Waals surface area contributed by atoms with Crippen LogP contribution in [-0.4, -0.2) is 72.1 Å². The Labute approximate surface area is 184 Å². The summed E-state index contributed by atoms with van der Waals surface area (Å²) in [6.07, 6.45) is 5.57. The van der Waals surface area contributed by atoms with E-state index >= 15 is 0 Å². The number of aromatic nitrogens is 1. The van der Waals surface area contributed by atoms with Crippen molar-refractivity contribution in [2.75, 3.05) is 34.3 Å². The topological polar surface area (TPSA) is 66.8 Å². The van der Waals surface area contributed by atoms with E-state index in [0.29, 0.717) is 25.3 Å². The molecule has 168 valence electrons. The van der Waals surface area contributed by atoms with E-state index in [1.807, 2.05) is 54.8 Å². The average molecular weight is 427 g/mol. The molecule has 0 radical (unpaired) electrons. The van der Waals surface area contributed by atoms with E-state index < -0.39 is 5.54 Å². The Kier molecular flexibility index (Phi) is 5.97. The third-order valence-corrected chi connectivity index (χ3v) is 6.84. The number of hydrogen-bond donors (Lipinski definition) is 1. The lowest BCUT2D eigenvalue weighted by atomic mass is 9.91. The zero-order valence-corrected chi connectivity index (χ0v) is 19.1. The monoisotopic (exact) mass is 426 g/mol. The fourth-order valence-electron chi connectivity index (χ4n) is 4.89. The minimum absolute atomic E-state index is 0.0538. The molecule has 1 fully saturated rings. The number of likely N-dealkylation sites (N-methyl/N-ethyl adjacent to an activating group) is 1. The molecule has 7 nitrogen and oxygen atoms in total. The molecular formula is C24H34N4O3. The lowest BCUT2D eigenvalue weighted by Gasteiger charge is -2.45. The number of carbonyl (C=O) groups excluding carboxylic acids is 2. The van der Waals surface area contributed by atoms with Crippen LogP contribution in [0.5, 0.6) is 5.75 Å². The predicted molar refractivity (Wildman–Crippen MR) is 122 cm³/mol. The summed E-state index contributed by atoms with van der Waals surface area (Å²) < 4.78 is 7.39. The maximum atomic E-state index is 13.6. The van der Waals surface area contributed by atoms with Gasteiger partial charge in [-0.1, -0.05) is 19.3 Å². The maximum absolute atomic E-state index is 13.6. The fourth-order valence-corrected chi connectivity index (χ4v) is 4.89. The van der Waals surface area contributed by atoms with Gasteiger partial charge in [0.2, 0.25) is 5.91 Å². The van der Waals surface area contributed by atoms with Gasteiger partial charge in [0.15, 0.2) is 0 Å². The van der Waals surface area contributed by atoms with Crippen LogP contribution in [0.1, 0.15) is 49.5 Å². The molecule has 1 saturated carbocycles. The quantitative estimate of drug-likeness (QED) is 0.771. The van der Waals surface area contributed by atoms with E-state index in [9.17, 15) is 9.59 Å². The average Bonchev–Trinajstić information content (AvgIpc) is 3.11. The van der Waals surface area contributed by atoms with Crippen molar-refractivity contribution in [3.63, 3.8) is 0 Å². The Hall–Kier alpha value is -2.54. The van der Waals surface area contributed by atoms with Gasteiger partial charge in [0.25, 0.3) is 5.91 Å². The van der Waals surface area contributed by atoms with Crippen molar-refractivity contribution in [2.45, 2.75) is 57.2 Å². The van der Waals surface area contributed by atoms with E-state index in [0.717, 1.165) is 42.3 Å². The van der Waals surface area contributed by atoms with E-state index in [1.54, 1.807) is 12.0 Å². The van der Waals surface area contributed by atoms with Gasteiger partial charge in [0.05, 0.1) is 19.2 Å². The second-order valence-corrected chi connectivity index (χ2v) is 9.38. The minimum atomic E-state index is -0.952. The molecular weight excluding hydrogens is 392 g/mol. The van der Waals surface area contributed by atoms with Crippen LogP contribution in [0.3, 0.4) is 0 Å². The van der Waals surface area contributed by atoms with Crippen molar-refractivity contribution in [3.8, 4) is 5.75 Å². The van der Waals surface area contributed by atoms with Gasteiger partial charge >= 0.3 is 0 Å². The minimum Gasteiger partial charge on any atom is -0.497 e. The molecule has 1 aliphatic carbocycles. The molecule has 7 heteroatoms. The summed E-state index contributed by atoms with van der Waals surface area (Å²) in [6, 6.07) is 7.94. The van der Waals surface area contributed by atoms with E-state index in [-0.39, 0.29) is 17.9 Å². The summed E-state index contributed by atoms with van der Waals surface area (Å²) in [7, 11) is 5.60. The van der Waals surface area contributed by atoms with Crippen molar-refractivity contribution < 1.29 is 14.3 Å². The molecule has 4 rings (SSSR count). The highest BCUT2D eigenvalue weighted by atomic mass is 16.5. The first-order valence-corrected chi connectivity index (χ1v) is 11.3. The third kappa shape index (κ3) is 4.03. The van der Waals surface area contributed by atoms with Crippen LogP contribution < -0.4 is 10.1 Å². The number of benzene rings is 1. The smallest absolute Gasteiger partial charge is 0.271 e. The molecule has 0 spiro atoms. The number of fused-ring (bicyclic) bond motifs is 3. The lowest BCUT2D eigenvalue weighted by Crippen LogP contribution is -2.65. The van der Waals surface area contributed by atoms with Gasteiger partial charge in [0, 0.05) is 30.6 Å². The van der Waals surface area contributed by atoms with Crippen molar-refractivity contribution in [2.24, 2.45) is 0 Å². The zero-order chi connectivity index (χ0) is 22.2. The molecule has 1 N–H and O–H groups in total. The number of hydrogen-bond acceptors (Lipinski definition) is 4. The van der Waals surface area contributed by atoms with E-state index in [1.165, 1.54) is 6.42 Å². The Morgan fingerprint density at radius 3 is 2.65 bits per heavy atom. The van der Waals surface area contributed by atoms with Crippen LogP contribution in [0, 0.1) is 0 Å². The molecule has 1 aliphatic heterocycles. The standard InChI is InChI=1S/C24H34N4O3/c1-24(23(30)25-18-8-6-5-7-9-18)16-27-20-15-19(31-4)11-10-17(20)14-21(27)22(29)28(24)13-12-26(2)3/h10-11,14-15,18H,5-9,12-13,16H2,1-4H3,(H,25,30). The van der Waals surface area contributed by atoms with Crippen LogP contribution >= 0.6 is 0 Å². The van der Waals surface area contributed by atoms with E-state index in [2.05, 4.69) is 5.32 Å². The summed E-state index contributed by atoms with van der Waals surface area (Å²) in [5.41, 5.74) is 0.601. The number of ether oxygens (including phenoxy) is 1. The van der Waals surface area contributed by atoms with E-state index in [4.69, 9.17) is 4.74 Å². The first kappa shape index (κ1) is 21.7. The summed E-state index contributed by atoms with van der Waals surface area (Å²) in [5, 5.41) is 4.26. The lowest BCUT2D eigenvalue weighted by molar-refractivity contribution is -0.133. The molecule has 2 aromatic rings. The van der Waals surface area contributed by atoms with Crippen molar-refractivity contribution in [1.82, 2.24) is 19.7 Å². The van der Waals surface area contributed by atoms with Crippen LogP contribution in [0.25, 0.3) is 10.9 Å². The summed E-state index contributed by atoms with van der Waals surface area (Å²) in [4.78, 5) is 31.1. The fraction of sp³-hybridized carbons (Fsp3) is 0.583. The van der Waals surface area contributed by atoms with Gasteiger partial charge in [0.1, 0.15) is 17.0 Å². The number of nitrogens with zero attached hydrogens (tertiary/aromatic N) is 3. The van der Waals surface area contributed by atoms with Crippen LogP contribution in [0.4, 0.5) is 0 Å². The number of amides is 2. The van der Waals surface area contributed by atoms with Crippen molar-refractivity contribution in [1.29, 1.82) is 0 Å². The highest BCUT2D eigenvalue weighted by Gasteiger charge is 2.48. The number of rotatable bonds is 6. The Morgan fingerprint density at radius 2 is 1.97 bits per heavy atom. The van der Waals surface area contributed by atoms with Gasteiger partial charge in [-0.2, -0.15) is 0 Å². The second-order valence-electron chi connectivity index (χ2n) is 9.38. The van der Waals surface area contributed by atoms with Crippen LogP contribution in [-0.2, 0) is 11.3 Å². The second kappa shape index (κ2) is 8.54. The molecule has 0 bridgehead atoms. The number of nitrogens with one attached hydrogen (secondary N) is 1. The zero-order valence-electron chi connectivity index (χ0n) is 19.1. The molecule has 2 heterocycles. The molecule has 1 aromatic heterocycles. The van der Waals surface area contributed by atoms with Gasteiger partial charge in [-0.3, -0.25) is 9.59 Å². The SMILES string of the molecule is COc1ccc2cc3n(c2c1)CC(C)(C(=O)NC1CCCCC1)N(CCN(C)C)C3=O. The summed E-state index contributed by atoms with van der Waals surface area (Å²) in [5.74, 6) is 0.593. The third-order valence-electron chi connectivity index (χ3n) is 6.84. The molecule has 2 aliphatic rings. The van der Waals surface area contributed by atoms with Gasteiger partial charge in [-0.05, 0) is 52.1 Å². The van der Waals surface area contributed by atoms with Gasteiger partial charge in [-0.25, -0.2) is 0 Å². The molecule has 1 aromatic carbocycles.